The predicted molar refractivity (Wildman–Crippen MR) is 124 cm³/mol. The van der Waals surface area contributed by atoms with Gasteiger partial charge in [-0.15, -0.1) is 0 Å². The van der Waals surface area contributed by atoms with E-state index in [0.29, 0.717) is 11.6 Å². The Labute approximate surface area is 184 Å². The number of hydrogen-bond donors (Lipinski definition) is 2. The Bertz CT molecular complexity index is 964. The van der Waals surface area contributed by atoms with Gasteiger partial charge in [0, 0.05) is 64.2 Å². The molecule has 0 saturated carbocycles. The number of H-pyrrole nitrogens is 1. The Kier molecular flexibility index (Phi) is 7.11. The van der Waals surface area contributed by atoms with Crippen molar-refractivity contribution in [2.45, 2.75) is 32.4 Å². The molecule has 1 fully saturated rings. The SMILES string of the molecule is COCCC[C@H](C)Nc1ncc2c(-c3ccc(CN4CCN(C)CC4)cc3)[nH]nc2n1. The molecule has 166 valence electrons. The zero-order valence-corrected chi connectivity index (χ0v) is 18.8. The highest BCUT2D eigenvalue weighted by molar-refractivity contribution is 5.90. The smallest absolute Gasteiger partial charge is 0.224 e. The number of methoxy groups -OCH3 is 1. The Morgan fingerprint density at radius 2 is 1.94 bits per heavy atom. The van der Waals surface area contributed by atoms with Crippen LogP contribution in [0.5, 0.6) is 0 Å². The molecule has 2 aromatic heterocycles. The molecule has 1 aliphatic rings. The van der Waals surface area contributed by atoms with E-state index in [4.69, 9.17) is 4.74 Å². The van der Waals surface area contributed by atoms with Crippen LogP contribution < -0.4 is 5.32 Å². The molecule has 0 radical (unpaired) electrons. The van der Waals surface area contributed by atoms with Gasteiger partial charge in [0.25, 0.3) is 0 Å². The zero-order chi connectivity index (χ0) is 21.6. The third-order valence-corrected chi connectivity index (χ3v) is 5.92. The first kappa shape index (κ1) is 21.7. The molecule has 1 saturated heterocycles. The fourth-order valence-corrected chi connectivity index (χ4v) is 3.96. The molecule has 2 N–H and O–H groups in total. The lowest BCUT2D eigenvalue weighted by molar-refractivity contribution is 0.148. The van der Waals surface area contributed by atoms with E-state index in [1.807, 2.05) is 6.20 Å². The summed E-state index contributed by atoms with van der Waals surface area (Å²) in [5.74, 6) is 0.609. The van der Waals surface area contributed by atoms with E-state index in [1.54, 1.807) is 7.11 Å². The van der Waals surface area contributed by atoms with Gasteiger partial charge in [0.05, 0.1) is 11.1 Å². The van der Waals surface area contributed by atoms with Gasteiger partial charge in [-0.2, -0.15) is 10.1 Å². The Morgan fingerprint density at radius 3 is 2.68 bits per heavy atom. The van der Waals surface area contributed by atoms with Crippen LogP contribution >= 0.6 is 0 Å². The second-order valence-corrected chi connectivity index (χ2v) is 8.49. The van der Waals surface area contributed by atoms with Crippen molar-refractivity contribution in [1.29, 1.82) is 0 Å². The number of nitrogens with zero attached hydrogens (tertiary/aromatic N) is 5. The van der Waals surface area contributed by atoms with Crippen molar-refractivity contribution in [3.63, 3.8) is 0 Å². The lowest BCUT2D eigenvalue weighted by Crippen LogP contribution is -2.43. The quantitative estimate of drug-likeness (QED) is 0.512. The predicted octanol–water partition coefficient (Wildman–Crippen LogP) is 2.99. The molecule has 0 bridgehead atoms. The topological polar surface area (TPSA) is 82.2 Å². The molecule has 0 spiro atoms. The minimum absolute atomic E-state index is 0.277. The average Bonchev–Trinajstić information content (AvgIpc) is 3.19. The molecular formula is C23H33N7O. The lowest BCUT2D eigenvalue weighted by atomic mass is 10.1. The van der Waals surface area contributed by atoms with E-state index in [1.165, 1.54) is 5.56 Å². The zero-order valence-electron chi connectivity index (χ0n) is 18.8. The van der Waals surface area contributed by atoms with Crippen molar-refractivity contribution >= 4 is 17.0 Å². The lowest BCUT2D eigenvalue weighted by Gasteiger charge is -2.32. The molecule has 1 atom stereocenters. The Morgan fingerprint density at radius 1 is 1.16 bits per heavy atom. The van der Waals surface area contributed by atoms with Crippen LogP contribution in [-0.4, -0.2) is 83.0 Å². The number of nitrogens with one attached hydrogen (secondary N) is 2. The molecule has 31 heavy (non-hydrogen) atoms. The summed E-state index contributed by atoms with van der Waals surface area (Å²) in [5, 5.41) is 11.8. The molecule has 8 nitrogen and oxygen atoms in total. The maximum absolute atomic E-state index is 5.12. The van der Waals surface area contributed by atoms with Crippen LogP contribution in [-0.2, 0) is 11.3 Å². The van der Waals surface area contributed by atoms with E-state index in [-0.39, 0.29) is 6.04 Å². The molecule has 0 amide bonds. The van der Waals surface area contributed by atoms with Crippen molar-refractivity contribution in [1.82, 2.24) is 30.0 Å². The fourth-order valence-electron chi connectivity index (χ4n) is 3.96. The third kappa shape index (κ3) is 5.58. The summed E-state index contributed by atoms with van der Waals surface area (Å²) in [4.78, 5) is 14.0. The van der Waals surface area contributed by atoms with Gasteiger partial charge in [0.2, 0.25) is 5.95 Å². The van der Waals surface area contributed by atoms with Crippen LogP contribution in [0, 0.1) is 0 Å². The molecule has 0 aliphatic carbocycles. The van der Waals surface area contributed by atoms with Crippen LogP contribution in [0.15, 0.2) is 30.5 Å². The summed E-state index contributed by atoms with van der Waals surface area (Å²) in [6.45, 7) is 8.43. The number of piperazine rings is 1. The van der Waals surface area contributed by atoms with Crippen molar-refractivity contribution < 1.29 is 4.74 Å². The van der Waals surface area contributed by atoms with E-state index in [0.717, 1.165) is 68.8 Å². The number of likely N-dealkylation sites (N-methyl/N-ethyl adjacent to an activating group) is 1. The summed E-state index contributed by atoms with van der Waals surface area (Å²) >= 11 is 0. The maximum Gasteiger partial charge on any atom is 0.224 e. The second-order valence-electron chi connectivity index (χ2n) is 8.49. The molecule has 1 aromatic carbocycles. The Hall–Kier alpha value is -2.55. The van der Waals surface area contributed by atoms with Gasteiger partial charge in [0.15, 0.2) is 5.65 Å². The monoisotopic (exact) mass is 423 g/mol. The highest BCUT2D eigenvalue weighted by Gasteiger charge is 2.15. The second kappa shape index (κ2) is 10.2. The number of rotatable bonds is 9. The number of hydrogen-bond acceptors (Lipinski definition) is 7. The first-order chi connectivity index (χ1) is 15.1. The normalized spacial score (nSPS) is 16.6. The maximum atomic E-state index is 5.12. The molecule has 8 heteroatoms. The number of aromatic amines is 1. The van der Waals surface area contributed by atoms with Crippen LogP contribution in [0.25, 0.3) is 22.3 Å². The summed E-state index contributed by atoms with van der Waals surface area (Å²) < 4.78 is 5.12. The van der Waals surface area contributed by atoms with Gasteiger partial charge in [-0.3, -0.25) is 10.00 Å². The highest BCUT2D eigenvalue weighted by Crippen LogP contribution is 2.26. The highest BCUT2D eigenvalue weighted by atomic mass is 16.5. The third-order valence-electron chi connectivity index (χ3n) is 5.92. The first-order valence-electron chi connectivity index (χ1n) is 11.1. The van der Waals surface area contributed by atoms with Gasteiger partial charge in [-0.1, -0.05) is 24.3 Å². The van der Waals surface area contributed by atoms with Crippen LogP contribution in [0.1, 0.15) is 25.3 Å². The largest absolute Gasteiger partial charge is 0.385 e. The number of fused-ring (bicyclic) bond motifs is 1. The minimum Gasteiger partial charge on any atom is -0.385 e. The van der Waals surface area contributed by atoms with E-state index in [9.17, 15) is 0 Å². The number of aromatic nitrogens is 4. The molecule has 3 heterocycles. The van der Waals surface area contributed by atoms with Gasteiger partial charge in [-0.25, -0.2) is 4.98 Å². The van der Waals surface area contributed by atoms with Crippen LogP contribution in [0.4, 0.5) is 5.95 Å². The van der Waals surface area contributed by atoms with Gasteiger partial charge < -0.3 is 15.0 Å². The molecule has 0 unspecified atom stereocenters. The van der Waals surface area contributed by atoms with Crippen LogP contribution in [0.3, 0.4) is 0 Å². The van der Waals surface area contributed by atoms with Crippen molar-refractivity contribution in [3.8, 4) is 11.3 Å². The molecule has 3 aromatic rings. The number of anilines is 1. The van der Waals surface area contributed by atoms with Crippen molar-refractivity contribution in [3.05, 3.63) is 36.0 Å². The van der Waals surface area contributed by atoms with Gasteiger partial charge >= 0.3 is 0 Å². The van der Waals surface area contributed by atoms with Gasteiger partial charge in [-0.05, 0) is 32.4 Å². The minimum atomic E-state index is 0.277. The van der Waals surface area contributed by atoms with E-state index >= 15 is 0 Å². The Balaban J connectivity index is 1.41. The molecule has 1 aliphatic heterocycles. The first-order valence-corrected chi connectivity index (χ1v) is 11.1. The summed E-state index contributed by atoms with van der Waals surface area (Å²) in [5.41, 5.74) is 4.07. The van der Waals surface area contributed by atoms with Gasteiger partial charge in [0.1, 0.15) is 0 Å². The van der Waals surface area contributed by atoms with Crippen molar-refractivity contribution in [2.24, 2.45) is 0 Å². The summed E-state index contributed by atoms with van der Waals surface area (Å²) in [6.07, 6.45) is 3.86. The standard InChI is InChI=1S/C23H33N7O/c1-17(5-4-14-31-3)25-23-24-15-20-21(27-28-22(20)26-23)19-8-6-18(7-9-19)16-30-12-10-29(2)11-13-30/h6-9,15,17H,4-5,10-14,16H2,1-3H3,(H2,24,25,26,27,28)/t17-/m0/s1. The van der Waals surface area contributed by atoms with Crippen LogP contribution in [0.2, 0.25) is 0 Å². The summed E-state index contributed by atoms with van der Waals surface area (Å²) in [6, 6.07) is 9.00. The number of ether oxygens (including phenoxy) is 1. The number of benzene rings is 1. The molecule has 4 rings (SSSR count). The average molecular weight is 424 g/mol. The van der Waals surface area contributed by atoms with Crippen molar-refractivity contribution in [2.75, 3.05) is 52.3 Å². The fraction of sp³-hybridized carbons (Fsp3) is 0.522. The van der Waals surface area contributed by atoms with E-state index in [2.05, 4.69) is 73.5 Å². The van der Waals surface area contributed by atoms with E-state index < -0.39 is 0 Å². The summed E-state index contributed by atoms with van der Waals surface area (Å²) in [7, 11) is 3.92. The molecular weight excluding hydrogens is 390 g/mol.